The fourth-order valence-electron chi connectivity index (χ4n) is 2.66. The molecular formula is C19H21FN4O. The summed E-state index contributed by atoms with van der Waals surface area (Å²) in [5.41, 5.74) is 1.82. The third-order valence-electron chi connectivity index (χ3n) is 4.17. The van der Waals surface area contributed by atoms with Crippen LogP contribution in [0.1, 0.15) is 36.3 Å². The zero-order chi connectivity index (χ0) is 18.0. The molecule has 0 unspecified atom stereocenters. The predicted molar refractivity (Wildman–Crippen MR) is 94.8 cm³/mol. The highest BCUT2D eigenvalue weighted by Gasteiger charge is 2.24. The van der Waals surface area contributed by atoms with Gasteiger partial charge in [0, 0.05) is 18.4 Å². The molecule has 130 valence electrons. The molecule has 0 aliphatic rings. The summed E-state index contributed by atoms with van der Waals surface area (Å²) in [6, 6.07) is 9.88. The van der Waals surface area contributed by atoms with Crippen molar-refractivity contribution in [3.8, 4) is 11.5 Å². The van der Waals surface area contributed by atoms with Crippen LogP contribution in [0.4, 0.5) is 4.39 Å². The maximum Gasteiger partial charge on any atom is 0.257 e. The van der Waals surface area contributed by atoms with Gasteiger partial charge < -0.3 is 9.88 Å². The summed E-state index contributed by atoms with van der Waals surface area (Å²) in [5.74, 6) is 0.156. The van der Waals surface area contributed by atoms with Crippen LogP contribution in [0.5, 0.6) is 0 Å². The summed E-state index contributed by atoms with van der Waals surface area (Å²) in [7, 11) is 0. The lowest BCUT2D eigenvalue weighted by Gasteiger charge is -2.14. The average Bonchev–Trinajstić information content (AvgIpc) is 3.22. The first-order valence-electron chi connectivity index (χ1n) is 8.31. The highest BCUT2D eigenvalue weighted by molar-refractivity contribution is 5.98. The van der Waals surface area contributed by atoms with Gasteiger partial charge in [0.05, 0.1) is 11.4 Å². The molecule has 3 aromatic rings. The van der Waals surface area contributed by atoms with Crippen molar-refractivity contribution in [1.82, 2.24) is 19.7 Å². The molecule has 3 rings (SSSR count). The van der Waals surface area contributed by atoms with Gasteiger partial charge in [-0.05, 0) is 56.7 Å². The Balaban J connectivity index is 2.15. The molecule has 1 amide bonds. The molecule has 0 fully saturated rings. The molecule has 0 aliphatic heterocycles. The third kappa shape index (κ3) is 3.33. The van der Waals surface area contributed by atoms with E-state index in [4.69, 9.17) is 0 Å². The highest BCUT2D eigenvalue weighted by atomic mass is 19.1. The number of nitrogens with zero attached hydrogens (tertiary/aromatic N) is 3. The Morgan fingerprint density at radius 2 is 1.88 bits per heavy atom. The Bertz CT molecular complexity index is 866. The molecule has 5 nitrogen and oxygen atoms in total. The summed E-state index contributed by atoms with van der Waals surface area (Å²) in [5, 5.41) is 7.53. The number of amides is 1. The van der Waals surface area contributed by atoms with Crippen molar-refractivity contribution in [1.29, 1.82) is 0 Å². The van der Waals surface area contributed by atoms with E-state index in [1.54, 1.807) is 23.7 Å². The van der Waals surface area contributed by atoms with Crippen LogP contribution in [-0.4, -0.2) is 26.3 Å². The van der Waals surface area contributed by atoms with Crippen LogP contribution in [0, 0.1) is 12.7 Å². The van der Waals surface area contributed by atoms with Gasteiger partial charge >= 0.3 is 0 Å². The van der Waals surface area contributed by atoms with Crippen LogP contribution in [0.2, 0.25) is 0 Å². The Morgan fingerprint density at radius 3 is 2.48 bits per heavy atom. The first-order chi connectivity index (χ1) is 12.0. The number of nitrogens with one attached hydrogen (secondary N) is 1. The standard InChI is InChI=1S/C19H21FN4O/c1-4-13(2)21-18(25)17-14(3)22-24(16-9-7-15(20)8-10-16)19(17)23-11-5-6-12-23/h5-13H,4H2,1-3H3,(H,21,25)/t13-/m0/s1. The van der Waals surface area contributed by atoms with Gasteiger partial charge in [-0.1, -0.05) is 6.92 Å². The molecule has 0 bridgehead atoms. The zero-order valence-corrected chi connectivity index (χ0v) is 14.5. The Hall–Kier alpha value is -2.89. The Morgan fingerprint density at radius 1 is 1.24 bits per heavy atom. The number of hydrogen-bond acceptors (Lipinski definition) is 2. The van der Waals surface area contributed by atoms with Gasteiger partial charge in [0.1, 0.15) is 11.4 Å². The largest absolute Gasteiger partial charge is 0.349 e. The van der Waals surface area contributed by atoms with Crippen LogP contribution in [0.3, 0.4) is 0 Å². The van der Waals surface area contributed by atoms with Crippen LogP contribution < -0.4 is 5.32 Å². The molecule has 6 heteroatoms. The molecule has 0 saturated carbocycles. The number of rotatable bonds is 5. The van der Waals surface area contributed by atoms with Crippen molar-refractivity contribution in [2.75, 3.05) is 0 Å². The number of hydrogen-bond donors (Lipinski definition) is 1. The molecule has 0 spiro atoms. The normalized spacial score (nSPS) is 12.2. The van der Waals surface area contributed by atoms with Crippen molar-refractivity contribution in [2.24, 2.45) is 0 Å². The predicted octanol–water partition coefficient (Wildman–Crippen LogP) is 3.64. The van der Waals surface area contributed by atoms with Crippen molar-refractivity contribution >= 4 is 5.91 Å². The van der Waals surface area contributed by atoms with Gasteiger partial charge in [-0.2, -0.15) is 5.10 Å². The molecule has 25 heavy (non-hydrogen) atoms. The van der Waals surface area contributed by atoms with E-state index in [0.717, 1.165) is 6.42 Å². The fourth-order valence-corrected chi connectivity index (χ4v) is 2.66. The third-order valence-corrected chi connectivity index (χ3v) is 4.17. The number of carbonyl (C=O) groups excluding carboxylic acids is 1. The second-order valence-electron chi connectivity index (χ2n) is 6.05. The van der Waals surface area contributed by atoms with Crippen LogP contribution in [0.25, 0.3) is 11.5 Å². The minimum Gasteiger partial charge on any atom is -0.349 e. The van der Waals surface area contributed by atoms with E-state index in [1.807, 2.05) is 42.9 Å². The number of benzene rings is 1. The molecule has 1 N–H and O–H groups in total. The lowest BCUT2D eigenvalue weighted by Crippen LogP contribution is -2.32. The van der Waals surface area contributed by atoms with Gasteiger partial charge in [-0.15, -0.1) is 0 Å². The van der Waals surface area contributed by atoms with Gasteiger partial charge in [0.15, 0.2) is 5.82 Å². The highest BCUT2D eigenvalue weighted by Crippen LogP contribution is 2.23. The first kappa shape index (κ1) is 17.0. The van der Waals surface area contributed by atoms with Gasteiger partial charge in [0.2, 0.25) is 0 Å². The topological polar surface area (TPSA) is 51.9 Å². The summed E-state index contributed by atoms with van der Waals surface area (Å²) in [4.78, 5) is 12.8. The molecule has 0 radical (unpaired) electrons. The summed E-state index contributed by atoms with van der Waals surface area (Å²) in [6.45, 7) is 5.79. The van der Waals surface area contributed by atoms with Gasteiger partial charge in [0.25, 0.3) is 5.91 Å². The molecule has 0 aliphatic carbocycles. The van der Waals surface area contributed by atoms with Crippen molar-refractivity contribution in [3.05, 3.63) is 65.9 Å². The Kier molecular flexibility index (Phi) is 4.70. The van der Waals surface area contributed by atoms with E-state index in [0.29, 0.717) is 22.8 Å². The number of carbonyl (C=O) groups is 1. The fraction of sp³-hybridized carbons (Fsp3) is 0.263. The van der Waals surface area contributed by atoms with E-state index >= 15 is 0 Å². The lowest BCUT2D eigenvalue weighted by atomic mass is 10.2. The molecule has 1 atom stereocenters. The van der Waals surface area contributed by atoms with Crippen molar-refractivity contribution < 1.29 is 9.18 Å². The molecule has 2 heterocycles. The average molecular weight is 340 g/mol. The minimum atomic E-state index is -0.315. The Labute approximate surface area is 146 Å². The summed E-state index contributed by atoms with van der Waals surface area (Å²) < 4.78 is 16.8. The number of halogens is 1. The molecule has 0 saturated heterocycles. The molecule has 2 aromatic heterocycles. The SMILES string of the molecule is CC[C@H](C)NC(=O)c1c(C)nn(-c2ccc(F)cc2)c1-n1cccc1. The van der Waals surface area contributed by atoms with E-state index in [-0.39, 0.29) is 17.8 Å². The second kappa shape index (κ2) is 6.93. The smallest absolute Gasteiger partial charge is 0.257 e. The van der Waals surface area contributed by atoms with Crippen molar-refractivity contribution in [2.45, 2.75) is 33.2 Å². The summed E-state index contributed by atoms with van der Waals surface area (Å²) >= 11 is 0. The molecule has 1 aromatic carbocycles. The zero-order valence-electron chi connectivity index (χ0n) is 14.5. The quantitative estimate of drug-likeness (QED) is 0.771. The van der Waals surface area contributed by atoms with E-state index in [9.17, 15) is 9.18 Å². The van der Waals surface area contributed by atoms with E-state index in [1.165, 1.54) is 12.1 Å². The number of aromatic nitrogens is 3. The maximum absolute atomic E-state index is 13.3. The van der Waals surface area contributed by atoms with Crippen LogP contribution in [0.15, 0.2) is 48.8 Å². The van der Waals surface area contributed by atoms with Gasteiger partial charge in [-0.3, -0.25) is 4.79 Å². The van der Waals surface area contributed by atoms with E-state index < -0.39 is 0 Å². The molecular weight excluding hydrogens is 319 g/mol. The first-order valence-corrected chi connectivity index (χ1v) is 8.31. The lowest BCUT2D eigenvalue weighted by molar-refractivity contribution is 0.0938. The minimum absolute atomic E-state index is 0.0681. The maximum atomic E-state index is 13.3. The summed E-state index contributed by atoms with van der Waals surface area (Å²) in [6.07, 6.45) is 4.56. The second-order valence-corrected chi connectivity index (χ2v) is 6.05. The van der Waals surface area contributed by atoms with Crippen LogP contribution >= 0.6 is 0 Å². The monoisotopic (exact) mass is 340 g/mol. The van der Waals surface area contributed by atoms with Crippen LogP contribution in [-0.2, 0) is 0 Å². The van der Waals surface area contributed by atoms with Crippen molar-refractivity contribution in [3.63, 3.8) is 0 Å². The van der Waals surface area contributed by atoms with Gasteiger partial charge in [-0.25, -0.2) is 9.07 Å². The van der Waals surface area contributed by atoms with E-state index in [2.05, 4.69) is 10.4 Å². The number of aryl methyl sites for hydroxylation is 1.